The molecular weight excluding hydrogens is 222 g/mol. The van der Waals surface area contributed by atoms with E-state index >= 15 is 0 Å². The van der Waals surface area contributed by atoms with E-state index in [4.69, 9.17) is 15.2 Å². The van der Waals surface area contributed by atoms with E-state index in [9.17, 15) is 4.79 Å². The molecule has 1 aromatic heterocycles. The van der Waals surface area contributed by atoms with E-state index in [2.05, 4.69) is 5.10 Å². The van der Waals surface area contributed by atoms with Crippen LogP contribution >= 0.6 is 0 Å². The number of aromatic nitrogens is 2. The smallest absolute Gasteiger partial charge is 0.204 e. The van der Waals surface area contributed by atoms with Gasteiger partial charge in [0.05, 0.1) is 18.8 Å². The van der Waals surface area contributed by atoms with Gasteiger partial charge < -0.3 is 15.2 Å². The summed E-state index contributed by atoms with van der Waals surface area (Å²) in [6, 6.07) is 0. The molecule has 0 unspecified atom stereocenters. The molecule has 2 N–H and O–H groups in total. The summed E-state index contributed by atoms with van der Waals surface area (Å²) in [5, 5.41) is 4.02. The molecule has 6 heteroatoms. The molecule has 1 aliphatic rings. The number of nitrogens with zero attached hydrogens (tertiary/aromatic N) is 2. The monoisotopic (exact) mass is 239 g/mol. The Kier molecular flexibility index (Phi) is 3.17. The van der Waals surface area contributed by atoms with Crippen molar-refractivity contribution in [2.45, 2.75) is 18.4 Å². The van der Waals surface area contributed by atoms with Crippen LogP contribution in [0.15, 0.2) is 6.20 Å². The fraction of sp³-hybridized carbons (Fsp3) is 0.636. The molecule has 94 valence electrons. The van der Waals surface area contributed by atoms with E-state index in [1.807, 2.05) is 0 Å². The average Bonchev–Trinajstić information content (AvgIpc) is 2.70. The van der Waals surface area contributed by atoms with Crippen molar-refractivity contribution >= 4 is 5.78 Å². The molecule has 2 heterocycles. The summed E-state index contributed by atoms with van der Waals surface area (Å²) >= 11 is 0. The lowest BCUT2D eigenvalue weighted by Gasteiger charge is -2.31. The second kappa shape index (κ2) is 4.46. The van der Waals surface area contributed by atoms with Crippen LogP contribution in [-0.4, -0.2) is 41.4 Å². The number of carbonyl (C=O) groups is 1. The second-order valence-corrected chi connectivity index (χ2v) is 4.28. The van der Waals surface area contributed by atoms with Crippen LogP contribution in [0.4, 0.5) is 0 Å². The van der Waals surface area contributed by atoms with Gasteiger partial charge in [0.2, 0.25) is 5.78 Å². The minimum atomic E-state index is -0.862. The first-order chi connectivity index (χ1) is 8.08. The molecular formula is C11H17N3O3. The van der Waals surface area contributed by atoms with Crippen molar-refractivity contribution in [3.05, 3.63) is 11.9 Å². The van der Waals surface area contributed by atoms with Crippen LogP contribution in [0, 0.1) is 0 Å². The van der Waals surface area contributed by atoms with E-state index < -0.39 is 5.54 Å². The summed E-state index contributed by atoms with van der Waals surface area (Å²) in [6.45, 7) is 1.03. The van der Waals surface area contributed by atoms with Crippen LogP contribution in [0.3, 0.4) is 0 Å². The van der Waals surface area contributed by atoms with Crippen molar-refractivity contribution in [3.63, 3.8) is 0 Å². The largest absolute Gasteiger partial charge is 0.493 e. The van der Waals surface area contributed by atoms with Crippen LogP contribution in [0.5, 0.6) is 5.75 Å². The molecule has 6 nitrogen and oxygen atoms in total. The normalized spacial score (nSPS) is 19.0. The topological polar surface area (TPSA) is 79.4 Å². The Morgan fingerprint density at radius 2 is 2.24 bits per heavy atom. The molecule has 0 bridgehead atoms. The number of hydrogen-bond acceptors (Lipinski definition) is 5. The van der Waals surface area contributed by atoms with Gasteiger partial charge in [-0.3, -0.25) is 9.48 Å². The molecule has 0 atom stereocenters. The lowest BCUT2D eigenvalue weighted by Crippen LogP contribution is -2.52. The van der Waals surface area contributed by atoms with Gasteiger partial charge in [0.1, 0.15) is 5.69 Å². The van der Waals surface area contributed by atoms with Gasteiger partial charge in [0, 0.05) is 20.3 Å². The van der Waals surface area contributed by atoms with Crippen LogP contribution in [-0.2, 0) is 11.8 Å². The van der Waals surface area contributed by atoms with E-state index in [1.54, 1.807) is 7.05 Å². The fourth-order valence-corrected chi connectivity index (χ4v) is 2.02. The molecule has 0 saturated carbocycles. The number of ketones is 1. The molecule has 1 aliphatic heterocycles. The van der Waals surface area contributed by atoms with Gasteiger partial charge in [-0.25, -0.2) is 0 Å². The highest BCUT2D eigenvalue weighted by Crippen LogP contribution is 2.27. The summed E-state index contributed by atoms with van der Waals surface area (Å²) in [6.07, 6.45) is 2.58. The number of aryl methyl sites for hydroxylation is 1. The maximum Gasteiger partial charge on any atom is 0.204 e. The molecule has 0 radical (unpaired) electrons. The van der Waals surface area contributed by atoms with Gasteiger partial charge in [-0.1, -0.05) is 0 Å². The van der Waals surface area contributed by atoms with Crippen molar-refractivity contribution in [2.75, 3.05) is 20.3 Å². The maximum atomic E-state index is 12.5. The Balaban J connectivity index is 2.32. The van der Waals surface area contributed by atoms with Gasteiger partial charge in [0.15, 0.2) is 5.75 Å². The number of rotatable bonds is 3. The lowest BCUT2D eigenvalue weighted by molar-refractivity contribution is 0.0440. The summed E-state index contributed by atoms with van der Waals surface area (Å²) in [5.74, 6) is 0.339. The van der Waals surface area contributed by atoms with Gasteiger partial charge >= 0.3 is 0 Å². The molecule has 0 aromatic carbocycles. The molecule has 1 saturated heterocycles. The van der Waals surface area contributed by atoms with E-state index in [-0.39, 0.29) is 5.78 Å². The SMILES string of the molecule is COc1cnn(C)c1C(=O)C1(N)CCOCC1. The first kappa shape index (κ1) is 12.1. The highest BCUT2D eigenvalue weighted by molar-refractivity contribution is 6.03. The van der Waals surface area contributed by atoms with E-state index in [0.717, 1.165) is 0 Å². The average molecular weight is 239 g/mol. The molecule has 1 aromatic rings. The minimum absolute atomic E-state index is 0.127. The number of hydrogen-bond donors (Lipinski definition) is 1. The van der Waals surface area contributed by atoms with E-state index in [0.29, 0.717) is 37.5 Å². The first-order valence-corrected chi connectivity index (χ1v) is 5.56. The van der Waals surface area contributed by atoms with Crippen molar-refractivity contribution in [3.8, 4) is 5.75 Å². The number of nitrogens with two attached hydrogens (primary N) is 1. The first-order valence-electron chi connectivity index (χ1n) is 5.56. The summed E-state index contributed by atoms with van der Waals surface area (Å²) in [5.41, 5.74) is 5.73. The minimum Gasteiger partial charge on any atom is -0.493 e. The fourth-order valence-electron chi connectivity index (χ4n) is 2.02. The number of carbonyl (C=O) groups excluding carboxylic acids is 1. The number of ether oxygens (including phenoxy) is 2. The Morgan fingerprint density at radius 1 is 1.59 bits per heavy atom. The third-order valence-electron chi connectivity index (χ3n) is 3.18. The Morgan fingerprint density at radius 3 is 2.82 bits per heavy atom. The van der Waals surface area contributed by atoms with Crippen molar-refractivity contribution < 1.29 is 14.3 Å². The predicted octanol–water partition coefficient (Wildman–Crippen LogP) is 0.119. The van der Waals surface area contributed by atoms with E-state index in [1.165, 1.54) is 18.0 Å². The molecule has 0 amide bonds. The molecule has 17 heavy (non-hydrogen) atoms. The maximum absolute atomic E-state index is 12.5. The van der Waals surface area contributed by atoms with Crippen molar-refractivity contribution in [2.24, 2.45) is 12.8 Å². The zero-order valence-corrected chi connectivity index (χ0v) is 10.1. The summed E-state index contributed by atoms with van der Waals surface area (Å²) in [4.78, 5) is 12.5. The standard InChI is InChI=1S/C11H17N3O3/c1-14-9(8(16-2)7-13-14)10(15)11(12)3-5-17-6-4-11/h7H,3-6,12H2,1-2H3. The Bertz CT molecular complexity index is 422. The lowest BCUT2D eigenvalue weighted by atomic mass is 9.85. The van der Waals surface area contributed by atoms with Gasteiger partial charge in [-0.05, 0) is 12.8 Å². The summed E-state index contributed by atoms with van der Waals surface area (Å²) < 4.78 is 11.9. The van der Waals surface area contributed by atoms with Gasteiger partial charge in [0.25, 0.3) is 0 Å². The number of Topliss-reactive ketones (excluding diaryl/α,β-unsaturated/α-hetero) is 1. The third-order valence-corrected chi connectivity index (χ3v) is 3.18. The second-order valence-electron chi connectivity index (χ2n) is 4.28. The van der Waals surface area contributed by atoms with Crippen LogP contribution < -0.4 is 10.5 Å². The highest BCUT2D eigenvalue weighted by atomic mass is 16.5. The molecule has 2 rings (SSSR count). The molecule has 0 aliphatic carbocycles. The highest BCUT2D eigenvalue weighted by Gasteiger charge is 2.39. The third kappa shape index (κ3) is 2.05. The van der Waals surface area contributed by atoms with Crippen LogP contribution in [0.2, 0.25) is 0 Å². The zero-order valence-electron chi connectivity index (χ0n) is 10.1. The van der Waals surface area contributed by atoms with Crippen molar-refractivity contribution in [1.29, 1.82) is 0 Å². The van der Waals surface area contributed by atoms with Crippen LogP contribution in [0.25, 0.3) is 0 Å². The predicted molar refractivity (Wildman–Crippen MR) is 61.1 cm³/mol. The number of methoxy groups -OCH3 is 1. The molecule has 0 spiro atoms. The van der Waals surface area contributed by atoms with Gasteiger partial charge in [-0.15, -0.1) is 0 Å². The van der Waals surface area contributed by atoms with Gasteiger partial charge in [-0.2, -0.15) is 5.10 Å². The van der Waals surface area contributed by atoms with Crippen molar-refractivity contribution in [1.82, 2.24) is 9.78 Å². The quantitative estimate of drug-likeness (QED) is 0.758. The van der Waals surface area contributed by atoms with Crippen LogP contribution in [0.1, 0.15) is 23.3 Å². The molecule has 1 fully saturated rings. The summed E-state index contributed by atoms with van der Waals surface area (Å²) in [7, 11) is 3.22. The Labute approximate surface area is 99.7 Å². The Hall–Kier alpha value is -1.40. The zero-order chi connectivity index (χ0) is 12.5.